The van der Waals surface area contributed by atoms with E-state index in [2.05, 4.69) is 15.9 Å². The second-order valence-corrected chi connectivity index (χ2v) is 10.6. The van der Waals surface area contributed by atoms with Crippen molar-refractivity contribution in [1.82, 2.24) is 8.87 Å². The standard InChI is InChI=1S/C21H26BrN3O3S/c1-15-11-12-25(20(13-15)23-17-7-5-4-6-8-17)21(26)16-9-10-18(22)19(14-16)29(27,28)24(2)3/h9-14,17H,4-8H2,1-3H3. The van der Waals surface area contributed by atoms with Gasteiger partial charge in [0.05, 0.1) is 10.9 Å². The Morgan fingerprint density at radius 2 is 1.83 bits per heavy atom. The van der Waals surface area contributed by atoms with Gasteiger partial charge in [-0.15, -0.1) is 0 Å². The number of carbonyl (C=O) groups is 1. The van der Waals surface area contributed by atoms with E-state index in [1.807, 2.05) is 19.1 Å². The molecule has 6 nitrogen and oxygen atoms in total. The molecule has 1 saturated carbocycles. The maximum absolute atomic E-state index is 13.3. The third kappa shape index (κ3) is 4.87. The lowest BCUT2D eigenvalue weighted by Gasteiger charge is -2.18. The van der Waals surface area contributed by atoms with E-state index in [1.165, 1.54) is 31.1 Å². The molecule has 1 aromatic carbocycles. The number of aromatic nitrogens is 1. The largest absolute Gasteiger partial charge is 0.268 e. The predicted octanol–water partition coefficient (Wildman–Crippen LogP) is 3.73. The van der Waals surface area contributed by atoms with E-state index in [0.29, 0.717) is 15.5 Å². The smallest absolute Gasteiger partial charge is 0.263 e. The number of sulfonamides is 1. The van der Waals surface area contributed by atoms with Crippen LogP contribution in [-0.2, 0) is 10.0 Å². The maximum atomic E-state index is 13.3. The molecule has 0 radical (unpaired) electrons. The fourth-order valence-electron chi connectivity index (χ4n) is 3.43. The van der Waals surface area contributed by atoms with Gasteiger partial charge in [-0.3, -0.25) is 14.4 Å². The number of hydrogen-bond donors (Lipinski definition) is 0. The zero-order valence-electron chi connectivity index (χ0n) is 16.9. The quantitative estimate of drug-likeness (QED) is 0.670. The van der Waals surface area contributed by atoms with Crippen molar-refractivity contribution in [2.45, 2.75) is 50.0 Å². The van der Waals surface area contributed by atoms with Crippen molar-refractivity contribution >= 4 is 31.9 Å². The monoisotopic (exact) mass is 479 g/mol. The molecule has 1 fully saturated rings. The Labute approximate surface area is 180 Å². The van der Waals surface area contributed by atoms with Gasteiger partial charge in [0.1, 0.15) is 5.49 Å². The number of aryl methyl sites for hydroxylation is 1. The van der Waals surface area contributed by atoms with Crippen molar-refractivity contribution in [3.63, 3.8) is 0 Å². The second kappa shape index (κ2) is 8.93. The molecule has 29 heavy (non-hydrogen) atoms. The molecule has 0 N–H and O–H groups in total. The Kier molecular flexibility index (Phi) is 6.76. The van der Waals surface area contributed by atoms with Gasteiger partial charge in [0, 0.05) is 30.3 Å². The van der Waals surface area contributed by atoms with Gasteiger partial charge < -0.3 is 0 Å². The van der Waals surface area contributed by atoms with Crippen molar-refractivity contribution in [3.05, 3.63) is 57.6 Å². The summed E-state index contributed by atoms with van der Waals surface area (Å²) in [5.41, 5.74) is 1.93. The normalized spacial score (nSPS) is 16.4. The number of hydrogen-bond acceptors (Lipinski definition) is 4. The van der Waals surface area contributed by atoms with Crippen LogP contribution in [0.1, 0.15) is 48.0 Å². The Morgan fingerprint density at radius 3 is 2.48 bits per heavy atom. The predicted molar refractivity (Wildman–Crippen MR) is 116 cm³/mol. The summed E-state index contributed by atoms with van der Waals surface area (Å²) in [7, 11) is -0.755. The third-order valence-corrected chi connectivity index (χ3v) is 7.94. The van der Waals surface area contributed by atoms with Gasteiger partial charge in [0.25, 0.3) is 5.91 Å². The molecule has 2 aromatic rings. The van der Waals surface area contributed by atoms with E-state index in [-0.39, 0.29) is 16.8 Å². The molecule has 0 saturated heterocycles. The molecule has 0 amide bonds. The van der Waals surface area contributed by atoms with Gasteiger partial charge in [0.15, 0.2) is 0 Å². The summed E-state index contributed by atoms with van der Waals surface area (Å²) >= 11 is 3.29. The highest BCUT2D eigenvalue weighted by atomic mass is 79.9. The van der Waals surface area contributed by atoms with E-state index in [4.69, 9.17) is 4.99 Å². The first-order valence-corrected chi connectivity index (χ1v) is 11.9. The molecule has 1 heterocycles. The number of rotatable bonds is 4. The number of benzene rings is 1. The Bertz CT molecular complexity index is 1080. The minimum atomic E-state index is -3.68. The van der Waals surface area contributed by atoms with Crippen LogP contribution in [0.3, 0.4) is 0 Å². The molecule has 0 bridgehead atoms. The van der Waals surface area contributed by atoms with E-state index in [1.54, 1.807) is 18.3 Å². The zero-order chi connectivity index (χ0) is 21.2. The molecule has 0 spiro atoms. The first-order valence-electron chi connectivity index (χ1n) is 9.70. The van der Waals surface area contributed by atoms with Crippen LogP contribution in [0.5, 0.6) is 0 Å². The fraction of sp³-hybridized carbons (Fsp3) is 0.429. The summed E-state index contributed by atoms with van der Waals surface area (Å²) in [5, 5.41) is 0. The highest BCUT2D eigenvalue weighted by molar-refractivity contribution is 9.10. The van der Waals surface area contributed by atoms with Crippen molar-refractivity contribution in [3.8, 4) is 0 Å². The van der Waals surface area contributed by atoms with Crippen molar-refractivity contribution < 1.29 is 13.2 Å². The van der Waals surface area contributed by atoms with Crippen LogP contribution in [0.25, 0.3) is 0 Å². The molecule has 1 aliphatic rings. The SMILES string of the molecule is Cc1ccn(C(=O)c2ccc(Br)c(S(=O)(=O)N(C)C)c2)c(=NC2CCCCC2)c1. The van der Waals surface area contributed by atoms with E-state index < -0.39 is 10.0 Å². The fourth-order valence-corrected chi connectivity index (χ4v) is 5.27. The van der Waals surface area contributed by atoms with Gasteiger partial charge >= 0.3 is 0 Å². The highest BCUT2D eigenvalue weighted by Gasteiger charge is 2.23. The van der Waals surface area contributed by atoms with Gasteiger partial charge in [-0.05, 0) is 71.6 Å². The Balaban J connectivity index is 2.07. The molecule has 0 aliphatic heterocycles. The van der Waals surface area contributed by atoms with Gasteiger partial charge in [-0.1, -0.05) is 19.3 Å². The van der Waals surface area contributed by atoms with E-state index >= 15 is 0 Å². The minimum absolute atomic E-state index is 0.0619. The molecule has 0 unspecified atom stereocenters. The summed E-state index contributed by atoms with van der Waals surface area (Å²) in [4.78, 5) is 18.2. The maximum Gasteiger partial charge on any atom is 0.263 e. The van der Waals surface area contributed by atoms with Crippen LogP contribution >= 0.6 is 15.9 Å². The van der Waals surface area contributed by atoms with Gasteiger partial charge in [-0.2, -0.15) is 0 Å². The van der Waals surface area contributed by atoms with Crippen molar-refractivity contribution in [2.24, 2.45) is 4.99 Å². The lowest BCUT2D eigenvalue weighted by Crippen LogP contribution is -2.30. The van der Waals surface area contributed by atoms with Crippen LogP contribution in [0.4, 0.5) is 0 Å². The number of pyridine rings is 1. The molecule has 1 aliphatic carbocycles. The van der Waals surface area contributed by atoms with E-state index in [9.17, 15) is 13.2 Å². The number of nitrogens with zero attached hydrogens (tertiary/aromatic N) is 3. The molecule has 156 valence electrons. The first-order chi connectivity index (χ1) is 13.7. The number of carbonyl (C=O) groups excluding carboxylic acids is 1. The van der Waals surface area contributed by atoms with Crippen LogP contribution in [0.15, 0.2) is 50.9 Å². The second-order valence-electron chi connectivity index (χ2n) is 7.59. The van der Waals surface area contributed by atoms with Crippen molar-refractivity contribution in [1.29, 1.82) is 0 Å². The van der Waals surface area contributed by atoms with Crippen LogP contribution < -0.4 is 5.49 Å². The summed E-state index contributed by atoms with van der Waals surface area (Å²) in [6.07, 6.45) is 7.33. The molecular formula is C21H26BrN3O3S. The lowest BCUT2D eigenvalue weighted by molar-refractivity contribution is 0.0954. The first kappa shape index (κ1) is 21.9. The zero-order valence-corrected chi connectivity index (χ0v) is 19.3. The summed E-state index contributed by atoms with van der Waals surface area (Å²) in [5.74, 6) is -0.303. The van der Waals surface area contributed by atoms with E-state index in [0.717, 1.165) is 35.6 Å². The van der Waals surface area contributed by atoms with Crippen LogP contribution in [-0.4, -0.2) is 43.3 Å². The van der Waals surface area contributed by atoms with Crippen LogP contribution in [0, 0.1) is 6.92 Å². The highest BCUT2D eigenvalue weighted by Crippen LogP contribution is 2.25. The average Bonchev–Trinajstić information content (AvgIpc) is 2.68. The van der Waals surface area contributed by atoms with Crippen molar-refractivity contribution in [2.75, 3.05) is 14.1 Å². The molecule has 0 atom stereocenters. The molecule has 1 aromatic heterocycles. The van der Waals surface area contributed by atoms with Crippen LogP contribution in [0.2, 0.25) is 0 Å². The summed E-state index contributed by atoms with van der Waals surface area (Å²) in [6, 6.07) is 8.61. The Morgan fingerprint density at radius 1 is 1.14 bits per heavy atom. The average molecular weight is 480 g/mol. The summed E-state index contributed by atoms with van der Waals surface area (Å²) < 4.78 is 28.3. The molecule has 3 rings (SSSR count). The molecular weight excluding hydrogens is 454 g/mol. The van der Waals surface area contributed by atoms with Gasteiger partial charge in [0.2, 0.25) is 10.0 Å². The topological polar surface area (TPSA) is 71.7 Å². The lowest BCUT2D eigenvalue weighted by atomic mass is 9.96. The summed E-state index contributed by atoms with van der Waals surface area (Å²) in [6.45, 7) is 1.97. The molecule has 8 heteroatoms. The number of halogens is 1. The third-order valence-electron chi connectivity index (χ3n) is 5.14. The van der Waals surface area contributed by atoms with Gasteiger partial charge in [-0.25, -0.2) is 12.7 Å². The Hall–Kier alpha value is -1.77. The minimum Gasteiger partial charge on any atom is -0.268 e.